The number of amides is 1. The summed E-state index contributed by atoms with van der Waals surface area (Å²) in [5.74, 6) is 0.0557. The molecule has 0 spiro atoms. The van der Waals surface area contributed by atoms with Gasteiger partial charge in [0.25, 0.3) is 5.91 Å². The van der Waals surface area contributed by atoms with Crippen LogP contribution in [-0.2, 0) is 6.54 Å². The molecule has 1 aliphatic heterocycles. The largest absolute Gasteiger partial charge is 0.336 e. The number of rotatable bonds is 4. The molecule has 1 fully saturated rings. The summed E-state index contributed by atoms with van der Waals surface area (Å²) in [6.45, 7) is 3.83. The van der Waals surface area contributed by atoms with E-state index in [1.54, 1.807) is 10.9 Å². The summed E-state index contributed by atoms with van der Waals surface area (Å²) < 4.78 is 1.75. The number of carbonyl (C=O) groups is 1. The van der Waals surface area contributed by atoms with Crippen LogP contribution in [0.15, 0.2) is 67.0 Å². The highest BCUT2D eigenvalue weighted by atomic mass is 16.2. The molecule has 2 aromatic carbocycles. The van der Waals surface area contributed by atoms with Crippen LogP contribution in [0.3, 0.4) is 0 Å². The first-order valence-corrected chi connectivity index (χ1v) is 9.34. The Morgan fingerprint density at radius 2 is 1.86 bits per heavy atom. The monoisotopic (exact) mass is 371 g/mol. The molecule has 1 aliphatic rings. The predicted octanol–water partition coefficient (Wildman–Crippen LogP) is 2.70. The highest BCUT2D eigenvalue weighted by Crippen LogP contribution is 2.15. The molecule has 0 atom stereocenters. The Bertz CT molecular complexity index is 998. The lowest BCUT2D eigenvalue weighted by Crippen LogP contribution is -2.48. The van der Waals surface area contributed by atoms with Crippen molar-refractivity contribution in [1.82, 2.24) is 19.6 Å². The number of nitriles is 1. The molecule has 0 unspecified atom stereocenters. The summed E-state index contributed by atoms with van der Waals surface area (Å²) in [5, 5.41) is 13.3. The van der Waals surface area contributed by atoms with Crippen LogP contribution in [0.2, 0.25) is 0 Å². The standard InChI is InChI=1S/C22H21N5O/c23-16-18-4-1-5-19(14-18)17-25-10-12-26(13-11-25)22(28)20-6-2-7-21(15-20)27-9-3-8-24-27/h1-9,14-15H,10-13,17H2. The van der Waals surface area contributed by atoms with Gasteiger partial charge in [-0.25, -0.2) is 4.68 Å². The highest BCUT2D eigenvalue weighted by Gasteiger charge is 2.22. The van der Waals surface area contributed by atoms with Gasteiger partial charge in [0.05, 0.1) is 17.3 Å². The van der Waals surface area contributed by atoms with Gasteiger partial charge >= 0.3 is 0 Å². The Balaban J connectivity index is 1.38. The smallest absolute Gasteiger partial charge is 0.254 e. The van der Waals surface area contributed by atoms with Gasteiger partial charge in [-0.3, -0.25) is 9.69 Å². The zero-order chi connectivity index (χ0) is 19.3. The Hall–Kier alpha value is -3.43. The molecule has 0 bridgehead atoms. The lowest BCUT2D eigenvalue weighted by atomic mass is 10.1. The van der Waals surface area contributed by atoms with Crippen molar-refractivity contribution >= 4 is 5.91 Å². The van der Waals surface area contributed by atoms with Crippen LogP contribution < -0.4 is 0 Å². The number of hydrogen-bond acceptors (Lipinski definition) is 4. The van der Waals surface area contributed by atoms with Gasteiger partial charge in [-0.1, -0.05) is 18.2 Å². The molecule has 2 heterocycles. The van der Waals surface area contributed by atoms with Crippen molar-refractivity contribution in [3.8, 4) is 11.8 Å². The van der Waals surface area contributed by atoms with Gasteiger partial charge in [-0.05, 0) is 42.0 Å². The SMILES string of the molecule is N#Cc1cccc(CN2CCN(C(=O)c3cccc(-n4cccn4)c3)CC2)c1. The van der Waals surface area contributed by atoms with Gasteiger partial charge in [0.2, 0.25) is 0 Å². The maximum Gasteiger partial charge on any atom is 0.254 e. The number of piperazine rings is 1. The molecule has 0 aliphatic carbocycles. The Kier molecular flexibility index (Phi) is 5.18. The van der Waals surface area contributed by atoms with Crippen LogP contribution in [0, 0.1) is 11.3 Å². The van der Waals surface area contributed by atoms with Gasteiger partial charge in [0.15, 0.2) is 0 Å². The van der Waals surface area contributed by atoms with Crippen molar-refractivity contribution in [2.75, 3.05) is 26.2 Å². The van der Waals surface area contributed by atoms with Crippen LogP contribution in [0.5, 0.6) is 0 Å². The fraction of sp³-hybridized carbons (Fsp3) is 0.227. The minimum Gasteiger partial charge on any atom is -0.336 e. The number of nitrogens with zero attached hydrogens (tertiary/aromatic N) is 5. The predicted molar refractivity (Wildman–Crippen MR) is 106 cm³/mol. The number of hydrogen-bond donors (Lipinski definition) is 0. The van der Waals surface area contributed by atoms with E-state index in [4.69, 9.17) is 5.26 Å². The van der Waals surface area contributed by atoms with Crippen molar-refractivity contribution in [3.05, 3.63) is 83.7 Å². The molecular weight excluding hydrogens is 350 g/mol. The Morgan fingerprint density at radius 1 is 1.04 bits per heavy atom. The third-order valence-electron chi connectivity index (χ3n) is 4.98. The van der Waals surface area contributed by atoms with Crippen molar-refractivity contribution in [2.45, 2.75) is 6.54 Å². The molecule has 28 heavy (non-hydrogen) atoms. The second-order valence-electron chi connectivity index (χ2n) is 6.88. The summed E-state index contributed by atoms with van der Waals surface area (Å²) in [4.78, 5) is 17.1. The zero-order valence-electron chi connectivity index (χ0n) is 15.5. The quantitative estimate of drug-likeness (QED) is 0.707. The van der Waals surface area contributed by atoms with Crippen LogP contribution in [-0.4, -0.2) is 51.7 Å². The molecule has 1 saturated heterocycles. The topological polar surface area (TPSA) is 65.2 Å². The van der Waals surface area contributed by atoms with Crippen molar-refractivity contribution in [3.63, 3.8) is 0 Å². The maximum absolute atomic E-state index is 12.9. The van der Waals surface area contributed by atoms with Gasteiger partial charge in [0, 0.05) is 50.7 Å². The van der Waals surface area contributed by atoms with E-state index in [1.807, 2.05) is 65.7 Å². The summed E-state index contributed by atoms with van der Waals surface area (Å²) in [7, 11) is 0. The molecular formula is C22H21N5O. The van der Waals surface area contributed by atoms with Crippen LogP contribution >= 0.6 is 0 Å². The second kappa shape index (κ2) is 8.07. The third kappa shape index (κ3) is 3.95. The van der Waals surface area contributed by atoms with Crippen molar-refractivity contribution in [2.24, 2.45) is 0 Å². The molecule has 3 aromatic rings. The van der Waals surface area contributed by atoms with Crippen LogP contribution in [0.25, 0.3) is 5.69 Å². The second-order valence-corrected chi connectivity index (χ2v) is 6.88. The molecule has 1 aromatic heterocycles. The zero-order valence-corrected chi connectivity index (χ0v) is 15.5. The van der Waals surface area contributed by atoms with Gasteiger partial charge in [0.1, 0.15) is 0 Å². The van der Waals surface area contributed by atoms with Crippen molar-refractivity contribution < 1.29 is 4.79 Å². The fourth-order valence-electron chi connectivity index (χ4n) is 3.49. The minimum atomic E-state index is 0.0557. The molecule has 1 amide bonds. The Labute approximate surface area is 164 Å². The maximum atomic E-state index is 12.9. The van der Waals surface area contributed by atoms with E-state index in [9.17, 15) is 4.79 Å². The first-order valence-electron chi connectivity index (χ1n) is 9.34. The summed E-state index contributed by atoms with van der Waals surface area (Å²) in [6.07, 6.45) is 3.59. The minimum absolute atomic E-state index is 0.0557. The summed E-state index contributed by atoms with van der Waals surface area (Å²) >= 11 is 0. The number of benzene rings is 2. The third-order valence-corrected chi connectivity index (χ3v) is 4.98. The summed E-state index contributed by atoms with van der Waals surface area (Å²) in [6, 6.07) is 19.3. The molecule has 4 rings (SSSR count). The normalized spacial score (nSPS) is 14.6. The molecule has 140 valence electrons. The van der Waals surface area contributed by atoms with Crippen molar-refractivity contribution in [1.29, 1.82) is 5.26 Å². The van der Waals surface area contributed by atoms with Gasteiger partial charge < -0.3 is 4.90 Å². The molecule has 6 nitrogen and oxygen atoms in total. The number of aromatic nitrogens is 2. The first kappa shape index (κ1) is 18.0. The van der Waals surface area contributed by atoms with Crippen LogP contribution in [0.1, 0.15) is 21.5 Å². The highest BCUT2D eigenvalue weighted by molar-refractivity contribution is 5.94. The van der Waals surface area contributed by atoms with E-state index in [2.05, 4.69) is 16.1 Å². The number of carbonyl (C=O) groups excluding carboxylic acids is 1. The Morgan fingerprint density at radius 3 is 2.61 bits per heavy atom. The van der Waals surface area contributed by atoms with E-state index in [0.29, 0.717) is 24.2 Å². The fourth-order valence-corrected chi connectivity index (χ4v) is 3.49. The first-order chi connectivity index (χ1) is 13.7. The van der Waals surface area contributed by atoms with E-state index in [0.717, 1.165) is 30.9 Å². The van der Waals surface area contributed by atoms with Gasteiger partial charge in [-0.15, -0.1) is 0 Å². The van der Waals surface area contributed by atoms with E-state index in [1.165, 1.54) is 0 Å². The summed E-state index contributed by atoms with van der Waals surface area (Å²) in [5.41, 5.74) is 3.38. The molecule has 6 heteroatoms. The molecule has 0 saturated carbocycles. The van der Waals surface area contributed by atoms with E-state index < -0.39 is 0 Å². The average molecular weight is 371 g/mol. The molecule has 0 radical (unpaired) electrons. The van der Waals surface area contributed by atoms with E-state index in [-0.39, 0.29) is 5.91 Å². The lowest BCUT2D eigenvalue weighted by molar-refractivity contribution is 0.0628. The average Bonchev–Trinajstić information content (AvgIpc) is 3.29. The van der Waals surface area contributed by atoms with E-state index >= 15 is 0 Å². The van der Waals surface area contributed by atoms with Gasteiger partial charge in [-0.2, -0.15) is 10.4 Å². The lowest BCUT2D eigenvalue weighted by Gasteiger charge is -2.34. The molecule has 0 N–H and O–H groups in total. The van der Waals surface area contributed by atoms with Crippen LogP contribution in [0.4, 0.5) is 0 Å².